The molecular formula is C12H14O5. The molecule has 5 nitrogen and oxygen atoms in total. The van der Waals surface area contributed by atoms with E-state index in [1.54, 1.807) is 13.0 Å². The standard InChI is InChI=1S/C12H14O5/c1-7-5-6-8(11(13)16-3)9(10(7)15-2)12(14)17-4/h5-6H,1-4H3. The quantitative estimate of drug-likeness (QED) is 0.748. The van der Waals surface area contributed by atoms with Gasteiger partial charge in [0.05, 0.1) is 26.9 Å². The van der Waals surface area contributed by atoms with Crippen LogP contribution in [0, 0.1) is 6.92 Å². The normalized spacial score (nSPS) is 9.65. The number of ether oxygens (including phenoxy) is 3. The lowest BCUT2D eigenvalue weighted by molar-refractivity contribution is 0.0552. The van der Waals surface area contributed by atoms with Crippen LogP contribution in [-0.2, 0) is 9.47 Å². The van der Waals surface area contributed by atoms with E-state index in [1.807, 2.05) is 0 Å². The van der Waals surface area contributed by atoms with E-state index >= 15 is 0 Å². The number of rotatable bonds is 3. The smallest absolute Gasteiger partial charge is 0.342 e. The Kier molecular flexibility index (Phi) is 4.09. The van der Waals surface area contributed by atoms with E-state index in [-0.39, 0.29) is 11.1 Å². The Bertz CT molecular complexity index is 450. The van der Waals surface area contributed by atoms with Gasteiger partial charge in [0.1, 0.15) is 11.3 Å². The van der Waals surface area contributed by atoms with E-state index in [1.165, 1.54) is 27.4 Å². The van der Waals surface area contributed by atoms with Gasteiger partial charge in [0.15, 0.2) is 0 Å². The fourth-order valence-corrected chi connectivity index (χ4v) is 1.53. The predicted molar refractivity (Wildman–Crippen MR) is 60.4 cm³/mol. The van der Waals surface area contributed by atoms with Crippen molar-refractivity contribution in [2.24, 2.45) is 0 Å². The van der Waals surface area contributed by atoms with Crippen molar-refractivity contribution in [3.8, 4) is 5.75 Å². The topological polar surface area (TPSA) is 61.8 Å². The van der Waals surface area contributed by atoms with Crippen molar-refractivity contribution >= 4 is 11.9 Å². The summed E-state index contributed by atoms with van der Waals surface area (Å²) in [7, 11) is 3.91. The van der Waals surface area contributed by atoms with E-state index in [0.717, 1.165) is 5.56 Å². The highest BCUT2D eigenvalue weighted by atomic mass is 16.5. The molecule has 0 bridgehead atoms. The summed E-state index contributed by atoms with van der Waals surface area (Å²) < 4.78 is 14.4. The zero-order valence-electron chi connectivity index (χ0n) is 10.2. The lowest BCUT2D eigenvalue weighted by Gasteiger charge is -2.13. The number of carbonyl (C=O) groups is 2. The third-order valence-electron chi connectivity index (χ3n) is 2.35. The van der Waals surface area contributed by atoms with Crippen molar-refractivity contribution in [3.05, 3.63) is 28.8 Å². The first-order valence-corrected chi connectivity index (χ1v) is 4.91. The number of esters is 2. The molecule has 0 unspecified atom stereocenters. The maximum absolute atomic E-state index is 11.7. The van der Waals surface area contributed by atoms with E-state index in [0.29, 0.717) is 5.75 Å². The van der Waals surface area contributed by atoms with Gasteiger partial charge in [-0.1, -0.05) is 6.07 Å². The summed E-state index contributed by atoms with van der Waals surface area (Å²) in [6.07, 6.45) is 0. The fourth-order valence-electron chi connectivity index (χ4n) is 1.53. The number of carbonyl (C=O) groups excluding carboxylic acids is 2. The van der Waals surface area contributed by atoms with Crippen LogP contribution in [0.2, 0.25) is 0 Å². The molecule has 0 spiro atoms. The molecule has 5 heteroatoms. The second kappa shape index (κ2) is 5.34. The molecule has 0 aromatic heterocycles. The minimum Gasteiger partial charge on any atom is -0.496 e. The maximum Gasteiger partial charge on any atom is 0.342 e. The van der Waals surface area contributed by atoms with Crippen LogP contribution in [0.15, 0.2) is 12.1 Å². The van der Waals surface area contributed by atoms with Gasteiger partial charge in [0, 0.05) is 0 Å². The fraction of sp³-hybridized carbons (Fsp3) is 0.333. The number of methoxy groups -OCH3 is 3. The number of aryl methyl sites for hydroxylation is 1. The first-order valence-electron chi connectivity index (χ1n) is 4.91. The van der Waals surface area contributed by atoms with Crippen molar-refractivity contribution in [1.82, 2.24) is 0 Å². The summed E-state index contributed by atoms with van der Waals surface area (Å²) in [5.74, 6) is -0.922. The van der Waals surface area contributed by atoms with Crippen LogP contribution in [-0.4, -0.2) is 33.3 Å². The van der Waals surface area contributed by atoms with Gasteiger partial charge < -0.3 is 14.2 Å². The number of hydrogen-bond donors (Lipinski definition) is 0. The lowest BCUT2D eigenvalue weighted by Crippen LogP contribution is -2.14. The molecule has 1 rings (SSSR count). The first kappa shape index (κ1) is 13.0. The molecule has 0 aliphatic heterocycles. The Morgan fingerprint density at radius 1 is 1.00 bits per heavy atom. The van der Waals surface area contributed by atoms with Gasteiger partial charge in [-0.25, -0.2) is 9.59 Å². The van der Waals surface area contributed by atoms with Gasteiger partial charge in [0.25, 0.3) is 0 Å². The van der Waals surface area contributed by atoms with Crippen LogP contribution in [0.25, 0.3) is 0 Å². The Morgan fingerprint density at radius 3 is 2.06 bits per heavy atom. The Labute approximate surface area is 99.3 Å². The summed E-state index contributed by atoms with van der Waals surface area (Å²) >= 11 is 0. The summed E-state index contributed by atoms with van der Waals surface area (Å²) in [4.78, 5) is 23.2. The van der Waals surface area contributed by atoms with Crippen molar-refractivity contribution in [2.75, 3.05) is 21.3 Å². The average Bonchev–Trinajstić information content (AvgIpc) is 2.36. The highest BCUT2D eigenvalue weighted by Crippen LogP contribution is 2.27. The Balaban J connectivity index is 3.50. The van der Waals surface area contributed by atoms with Gasteiger partial charge in [-0.3, -0.25) is 0 Å². The zero-order chi connectivity index (χ0) is 13.0. The maximum atomic E-state index is 11.7. The molecule has 0 N–H and O–H groups in total. The van der Waals surface area contributed by atoms with E-state index in [2.05, 4.69) is 9.47 Å². The predicted octanol–water partition coefficient (Wildman–Crippen LogP) is 1.58. The van der Waals surface area contributed by atoms with Crippen molar-refractivity contribution in [1.29, 1.82) is 0 Å². The molecule has 0 aliphatic carbocycles. The van der Waals surface area contributed by atoms with Crippen LogP contribution in [0.1, 0.15) is 26.3 Å². The minimum atomic E-state index is -0.633. The molecular weight excluding hydrogens is 224 g/mol. The Hall–Kier alpha value is -2.04. The van der Waals surface area contributed by atoms with E-state index in [9.17, 15) is 9.59 Å². The molecule has 92 valence electrons. The summed E-state index contributed by atoms with van der Waals surface area (Å²) in [5, 5.41) is 0. The largest absolute Gasteiger partial charge is 0.496 e. The van der Waals surface area contributed by atoms with Crippen molar-refractivity contribution in [3.63, 3.8) is 0 Å². The first-order chi connectivity index (χ1) is 8.06. The number of benzene rings is 1. The molecule has 1 aromatic carbocycles. The van der Waals surface area contributed by atoms with Gasteiger partial charge >= 0.3 is 11.9 Å². The van der Waals surface area contributed by atoms with Crippen LogP contribution < -0.4 is 4.74 Å². The van der Waals surface area contributed by atoms with E-state index < -0.39 is 11.9 Å². The summed E-state index contributed by atoms with van der Waals surface area (Å²) in [5.41, 5.74) is 0.948. The second-order valence-corrected chi connectivity index (χ2v) is 3.32. The molecule has 0 saturated heterocycles. The molecule has 1 aromatic rings. The summed E-state index contributed by atoms with van der Waals surface area (Å²) in [6, 6.07) is 3.19. The molecule has 0 aliphatic rings. The lowest BCUT2D eigenvalue weighted by atomic mass is 10.0. The molecule has 0 amide bonds. The van der Waals surface area contributed by atoms with Gasteiger partial charge in [-0.2, -0.15) is 0 Å². The molecule has 0 saturated carbocycles. The van der Waals surface area contributed by atoms with Crippen LogP contribution in [0.3, 0.4) is 0 Å². The van der Waals surface area contributed by atoms with Gasteiger partial charge in [-0.15, -0.1) is 0 Å². The SMILES string of the molecule is COC(=O)c1ccc(C)c(OC)c1C(=O)OC. The molecule has 0 atom stereocenters. The summed E-state index contributed by atoms with van der Waals surface area (Å²) in [6.45, 7) is 1.77. The molecule has 0 heterocycles. The molecule has 0 fully saturated rings. The van der Waals surface area contributed by atoms with Gasteiger partial charge in [-0.05, 0) is 18.6 Å². The third-order valence-corrected chi connectivity index (χ3v) is 2.35. The Morgan fingerprint density at radius 2 is 1.59 bits per heavy atom. The minimum absolute atomic E-state index is 0.0850. The van der Waals surface area contributed by atoms with Crippen LogP contribution in [0.4, 0.5) is 0 Å². The third kappa shape index (κ3) is 2.38. The molecule has 0 radical (unpaired) electrons. The van der Waals surface area contributed by atoms with Crippen molar-refractivity contribution in [2.45, 2.75) is 6.92 Å². The monoisotopic (exact) mass is 238 g/mol. The van der Waals surface area contributed by atoms with Crippen molar-refractivity contribution < 1.29 is 23.8 Å². The second-order valence-electron chi connectivity index (χ2n) is 3.32. The highest BCUT2D eigenvalue weighted by Gasteiger charge is 2.24. The van der Waals surface area contributed by atoms with Crippen LogP contribution >= 0.6 is 0 Å². The van der Waals surface area contributed by atoms with E-state index in [4.69, 9.17) is 4.74 Å². The average molecular weight is 238 g/mol. The van der Waals surface area contributed by atoms with Crippen LogP contribution in [0.5, 0.6) is 5.75 Å². The number of hydrogen-bond acceptors (Lipinski definition) is 5. The zero-order valence-corrected chi connectivity index (χ0v) is 10.2. The van der Waals surface area contributed by atoms with Gasteiger partial charge in [0.2, 0.25) is 0 Å². The molecule has 17 heavy (non-hydrogen) atoms. The highest BCUT2D eigenvalue weighted by molar-refractivity contribution is 6.05.